The lowest BCUT2D eigenvalue weighted by Gasteiger charge is -2.33. The predicted molar refractivity (Wildman–Crippen MR) is 229 cm³/mol. The van der Waals surface area contributed by atoms with Crippen molar-refractivity contribution in [2.75, 3.05) is 21.7 Å². The van der Waals surface area contributed by atoms with E-state index in [1.807, 2.05) is 66.7 Å². The van der Waals surface area contributed by atoms with Gasteiger partial charge in [-0.05, 0) is 107 Å². The monoisotopic (exact) mass is 728 g/mol. The predicted octanol–water partition coefficient (Wildman–Crippen LogP) is 9.97. The van der Waals surface area contributed by atoms with Crippen molar-refractivity contribution in [2.45, 2.75) is 25.4 Å². The molecule has 3 atom stereocenters. The molecule has 7 aromatic rings. The SMILES string of the molecule is CC1Nc2ccccc2N1c1ccccc1-c1ccccc1-c1ccc(-c2ccccc2C2NC(c3ccc(N)cc3)=NC(c3ccc(N)cc3)N2)c(C#N)c1. The summed E-state index contributed by atoms with van der Waals surface area (Å²) in [7, 11) is 0. The van der Waals surface area contributed by atoms with E-state index in [1.54, 1.807) is 0 Å². The van der Waals surface area contributed by atoms with Gasteiger partial charge in [0.1, 0.15) is 24.3 Å². The fourth-order valence-electron chi connectivity index (χ4n) is 7.91. The molecule has 7 aromatic carbocycles. The highest BCUT2D eigenvalue weighted by Crippen LogP contribution is 2.46. The van der Waals surface area contributed by atoms with Gasteiger partial charge in [-0.25, -0.2) is 4.99 Å². The van der Waals surface area contributed by atoms with Crippen molar-refractivity contribution in [2.24, 2.45) is 4.99 Å². The summed E-state index contributed by atoms with van der Waals surface area (Å²) >= 11 is 0. The zero-order valence-electron chi connectivity index (χ0n) is 30.8. The number of aliphatic imine (C=N–C) groups is 1. The number of rotatable bonds is 7. The van der Waals surface area contributed by atoms with Gasteiger partial charge in [0.15, 0.2) is 0 Å². The average molecular weight is 729 g/mol. The Bertz CT molecular complexity index is 2640. The second-order valence-corrected chi connectivity index (χ2v) is 14.1. The first kappa shape index (κ1) is 34.4. The van der Waals surface area contributed by atoms with Crippen LogP contribution in [-0.4, -0.2) is 12.0 Å². The summed E-state index contributed by atoms with van der Waals surface area (Å²) in [6, 6.07) is 57.9. The number of nitriles is 1. The molecule has 8 heteroatoms. The Labute approximate surface area is 326 Å². The molecule has 0 amide bonds. The smallest absolute Gasteiger partial charge is 0.131 e. The number of amidine groups is 1. The summed E-state index contributed by atoms with van der Waals surface area (Å²) in [5.41, 5.74) is 26.3. The van der Waals surface area contributed by atoms with E-state index >= 15 is 0 Å². The maximum absolute atomic E-state index is 10.7. The second-order valence-electron chi connectivity index (χ2n) is 14.1. The Morgan fingerprint density at radius 3 is 1.95 bits per heavy atom. The van der Waals surface area contributed by atoms with E-state index in [0.29, 0.717) is 16.9 Å². The minimum absolute atomic E-state index is 0.0778. The fourth-order valence-corrected chi connectivity index (χ4v) is 7.91. The fraction of sp³-hybridized carbons (Fsp3) is 0.0833. The maximum atomic E-state index is 10.7. The number of para-hydroxylation sites is 3. The first-order valence-electron chi connectivity index (χ1n) is 18.7. The number of nitrogens with two attached hydrogens (primary N) is 2. The van der Waals surface area contributed by atoms with Crippen molar-refractivity contribution in [3.8, 4) is 39.4 Å². The molecule has 0 saturated heterocycles. The number of benzene rings is 7. The van der Waals surface area contributed by atoms with Crippen LogP contribution in [0, 0.1) is 11.3 Å². The third-order valence-electron chi connectivity index (χ3n) is 10.6. The van der Waals surface area contributed by atoms with Crippen LogP contribution in [0.4, 0.5) is 28.4 Å². The molecular formula is C48H40N8. The van der Waals surface area contributed by atoms with Gasteiger partial charge in [0.25, 0.3) is 0 Å². The van der Waals surface area contributed by atoms with E-state index in [-0.39, 0.29) is 18.5 Å². The highest BCUT2D eigenvalue weighted by atomic mass is 15.3. The molecule has 9 rings (SSSR count). The molecule has 2 heterocycles. The van der Waals surface area contributed by atoms with Gasteiger partial charge in [-0.15, -0.1) is 0 Å². The largest absolute Gasteiger partial charge is 0.399 e. The topological polar surface area (TPSA) is 128 Å². The van der Waals surface area contributed by atoms with Crippen molar-refractivity contribution in [1.29, 1.82) is 5.26 Å². The first-order chi connectivity index (χ1) is 27.4. The maximum Gasteiger partial charge on any atom is 0.131 e. The van der Waals surface area contributed by atoms with Crippen LogP contribution in [0.15, 0.2) is 169 Å². The lowest BCUT2D eigenvalue weighted by molar-refractivity contribution is 0.409. The quantitative estimate of drug-likeness (QED) is 0.103. The van der Waals surface area contributed by atoms with E-state index in [4.69, 9.17) is 16.5 Å². The zero-order valence-corrected chi connectivity index (χ0v) is 30.8. The number of hydrogen-bond donors (Lipinski definition) is 5. The van der Waals surface area contributed by atoms with Crippen LogP contribution in [0.1, 0.15) is 41.5 Å². The van der Waals surface area contributed by atoms with Crippen molar-refractivity contribution in [1.82, 2.24) is 10.6 Å². The number of nitrogens with one attached hydrogen (secondary N) is 3. The van der Waals surface area contributed by atoms with Gasteiger partial charge in [-0.3, -0.25) is 5.32 Å². The highest BCUT2D eigenvalue weighted by Gasteiger charge is 2.30. The highest BCUT2D eigenvalue weighted by molar-refractivity contribution is 6.00. The van der Waals surface area contributed by atoms with E-state index < -0.39 is 0 Å². The van der Waals surface area contributed by atoms with Crippen LogP contribution in [0.2, 0.25) is 0 Å². The molecule has 3 unspecified atom stereocenters. The lowest BCUT2D eigenvalue weighted by Crippen LogP contribution is -2.45. The molecule has 8 nitrogen and oxygen atoms in total. The number of hydrogen-bond acceptors (Lipinski definition) is 8. The standard InChI is InChI=1S/C48H40N8/c1-30-52-43-15-7-9-17-45(43)56(30)44-16-8-6-13-41(44)39-11-3-2-10-37(39)33-22-27-38(34(28-33)29-49)40-12-4-5-14-42(40)48-54-46(31-18-23-35(50)24-19-31)53-47(55-48)32-20-25-36(51)26-21-32/h2-28,30,46,48,52,54H,50-51H2,1H3,(H,53,55). The molecule has 2 aliphatic rings. The van der Waals surface area contributed by atoms with E-state index in [1.165, 1.54) is 0 Å². The normalized spacial score (nSPS) is 17.2. The Balaban J connectivity index is 1.10. The Morgan fingerprint density at radius 1 is 0.589 bits per heavy atom. The number of anilines is 5. The van der Waals surface area contributed by atoms with Crippen LogP contribution in [0.25, 0.3) is 33.4 Å². The van der Waals surface area contributed by atoms with Crippen molar-refractivity contribution < 1.29 is 0 Å². The van der Waals surface area contributed by atoms with Crippen LogP contribution < -0.4 is 32.3 Å². The molecule has 56 heavy (non-hydrogen) atoms. The average Bonchev–Trinajstić information content (AvgIpc) is 3.59. The van der Waals surface area contributed by atoms with Crippen LogP contribution >= 0.6 is 0 Å². The molecule has 7 N–H and O–H groups in total. The molecule has 0 radical (unpaired) electrons. The van der Waals surface area contributed by atoms with Crippen molar-refractivity contribution >= 4 is 34.3 Å². The Kier molecular flexibility index (Phi) is 8.90. The summed E-state index contributed by atoms with van der Waals surface area (Å²) in [5, 5.41) is 21.7. The van der Waals surface area contributed by atoms with Crippen molar-refractivity contribution in [3.63, 3.8) is 0 Å². The van der Waals surface area contributed by atoms with Gasteiger partial charge in [0, 0.05) is 22.5 Å². The van der Waals surface area contributed by atoms with Gasteiger partial charge in [0.05, 0.1) is 28.7 Å². The number of nitrogens with zero attached hydrogens (tertiary/aromatic N) is 3. The van der Waals surface area contributed by atoms with E-state index in [0.717, 1.165) is 73.0 Å². The summed E-state index contributed by atoms with van der Waals surface area (Å²) in [5.74, 6) is 0.737. The summed E-state index contributed by atoms with van der Waals surface area (Å²) < 4.78 is 0. The van der Waals surface area contributed by atoms with Crippen LogP contribution in [0.3, 0.4) is 0 Å². The number of nitrogen functional groups attached to an aromatic ring is 2. The molecule has 0 aliphatic carbocycles. The van der Waals surface area contributed by atoms with E-state index in [2.05, 4.69) is 131 Å². The Hall–Kier alpha value is -7.34. The minimum Gasteiger partial charge on any atom is -0.399 e. The van der Waals surface area contributed by atoms with Crippen LogP contribution in [0.5, 0.6) is 0 Å². The third-order valence-corrected chi connectivity index (χ3v) is 10.6. The molecule has 0 saturated carbocycles. The molecule has 0 spiro atoms. The molecule has 0 bridgehead atoms. The van der Waals surface area contributed by atoms with Crippen molar-refractivity contribution in [3.05, 3.63) is 186 Å². The molecule has 0 aromatic heterocycles. The zero-order chi connectivity index (χ0) is 38.2. The van der Waals surface area contributed by atoms with Gasteiger partial charge in [-0.2, -0.15) is 5.26 Å². The minimum atomic E-state index is -0.354. The van der Waals surface area contributed by atoms with E-state index in [9.17, 15) is 5.26 Å². The van der Waals surface area contributed by atoms with Gasteiger partial charge in [0.2, 0.25) is 0 Å². The summed E-state index contributed by atoms with van der Waals surface area (Å²) in [6.45, 7) is 2.18. The first-order valence-corrected chi connectivity index (χ1v) is 18.7. The van der Waals surface area contributed by atoms with Gasteiger partial charge < -0.3 is 27.0 Å². The second kappa shape index (κ2) is 14.5. The molecule has 0 fully saturated rings. The molecule has 272 valence electrons. The molecular weight excluding hydrogens is 689 g/mol. The van der Waals surface area contributed by atoms with Gasteiger partial charge in [-0.1, -0.05) is 103 Å². The van der Waals surface area contributed by atoms with Gasteiger partial charge >= 0.3 is 0 Å². The summed E-state index contributed by atoms with van der Waals surface area (Å²) in [4.78, 5) is 7.43. The lowest BCUT2D eigenvalue weighted by atomic mass is 9.89. The summed E-state index contributed by atoms with van der Waals surface area (Å²) in [6.07, 6.45) is -0.615. The number of fused-ring (bicyclic) bond motifs is 1. The Morgan fingerprint density at radius 2 is 1.20 bits per heavy atom. The van der Waals surface area contributed by atoms with Crippen LogP contribution in [-0.2, 0) is 0 Å². The third kappa shape index (κ3) is 6.36. The molecule has 2 aliphatic heterocycles.